The molecule has 1 aromatic carbocycles. The highest BCUT2D eigenvalue weighted by Crippen LogP contribution is 2.13. The van der Waals surface area contributed by atoms with Crippen molar-refractivity contribution in [3.05, 3.63) is 35.9 Å². The van der Waals surface area contributed by atoms with E-state index in [-0.39, 0.29) is 11.9 Å². The Labute approximate surface area is 84.9 Å². The van der Waals surface area contributed by atoms with Crippen molar-refractivity contribution in [3.8, 4) is 0 Å². The average Bonchev–Trinajstić information content (AvgIpc) is 2.26. The van der Waals surface area contributed by atoms with Gasteiger partial charge < -0.3 is 4.74 Å². The maximum Gasteiger partial charge on any atom is 0.308 e. The van der Waals surface area contributed by atoms with Gasteiger partial charge in [-0.3, -0.25) is 4.79 Å². The zero-order valence-corrected chi connectivity index (χ0v) is 8.69. The molecule has 0 spiro atoms. The summed E-state index contributed by atoms with van der Waals surface area (Å²) in [6.07, 6.45) is 1.59. The van der Waals surface area contributed by atoms with Crippen LogP contribution in [0, 0.1) is 5.92 Å². The minimum Gasteiger partial charge on any atom is -0.469 e. The summed E-state index contributed by atoms with van der Waals surface area (Å²) in [7, 11) is 1.44. The van der Waals surface area contributed by atoms with Crippen molar-refractivity contribution >= 4 is 5.97 Å². The fourth-order valence-corrected chi connectivity index (χ4v) is 1.46. The smallest absolute Gasteiger partial charge is 0.308 e. The summed E-state index contributed by atoms with van der Waals surface area (Å²) in [5, 5.41) is 0. The van der Waals surface area contributed by atoms with Crippen LogP contribution in [0.25, 0.3) is 0 Å². The van der Waals surface area contributed by atoms with Crippen molar-refractivity contribution < 1.29 is 9.53 Å². The normalized spacial score (nSPS) is 12.1. The van der Waals surface area contributed by atoms with Crippen molar-refractivity contribution in [3.63, 3.8) is 0 Å². The zero-order valence-electron chi connectivity index (χ0n) is 8.69. The van der Waals surface area contributed by atoms with Crippen LogP contribution < -0.4 is 0 Å². The number of benzene rings is 1. The van der Waals surface area contributed by atoms with E-state index < -0.39 is 0 Å². The summed E-state index contributed by atoms with van der Waals surface area (Å²) in [4.78, 5) is 11.3. The van der Waals surface area contributed by atoms with E-state index in [9.17, 15) is 4.79 Å². The first-order valence-corrected chi connectivity index (χ1v) is 4.89. The maximum atomic E-state index is 11.3. The number of hydrogen-bond donors (Lipinski definition) is 0. The largest absolute Gasteiger partial charge is 0.469 e. The highest BCUT2D eigenvalue weighted by atomic mass is 16.5. The molecule has 2 heteroatoms. The molecule has 0 saturated heterocycles. The van der Waals surface area contributed by atoms with Crippen LogP contribution in [0.4, 0.5) is 0 Å². The molecule has 0 aromatic heterocycles. The first-order chi connectivity index (χ1) is 6.77. The van der Waals surface area contributed by atoms with Gasteiger partial charge in [-0.25, -0.2) is 0 Å². The summed E-state index contributed by atoms with van der Waals surface area (Å²) in [5.41, 5.74) is 1.18. The van der Waals surface area contributed by atoms with Crippen molar-refractivity contribution in [2.45, 2.75) is 19.8 Å². The molecule has 1 atom stereocenters. The standard InChI is InChI=1S/C12H16O2/c1-3-11(12(13)14-2)9-10-7-5-4-6-8-10/h4-8,11H,3,9H2,1-2H3. The van der Waals surface area contributed by atoms with E-state index in [2.05, 4.69) is 0 Å². The molecule has 1 aromatic rings. The summed E-state index contributed by atoms with van der Waals surface area (Å²) in [5.74, 6) is -0.126. The second-order valence-corrected chi connectivity index (χ2v) is 3.32. The molecular formula is C12H16O2. The molecule has 0 N–H and O–H groups in total. The van der Waals surface area contributed by atoms with Crippen molar-refractivity contribution in [1.29, 1.82) is 0 Å². The first-order valence-electron chi connectivity index (χ1n) is 4.89. The van der Waals surface area contributed by atoms with Crippen LogP contribution in [0.2, 0.25) is 0 Å². The maximum absolute atomic E-state index is 11.3. The van der Waals surface area contributed by atoms with E-state index >= 15 is 0 Å². The van der Waals surface area contributed by atoms with Gasteiger partial charge in [0, 0.05) is 0 Å². The highest BCUT2D eigenvalue weighted by molar-refractivity contribution is 5.72. The lowest BCUT2D eigenvalue weighted by atomic mass is 9.97. The van der Waals surface area contributed by atoms with Gasteiger partial charge in [-0.2, -0.15) is 0 Å². The molecule has 0 fully saturated rings. The Hall–Kier alpha value is -1.31. The molecule has 1 unspecified atom stereocenters. The summed E-state index contributed by atoms with van der Waals surface area (Å²) >= 11 is 0. The Bertz CT molecular complexity index is 280. The number of hydrogen-bond acceptors (Lipinski definition) is 2. The number of esters is 1. The van der Waals surface area contributed by atoms with E-state index in [0.29, 0.717) is 0 Å². The van der Waals surface area contributed by atoms with Gasteiger partial charge in [0.25, 0.3) is 0 Å². The summed E-state index contributed by atoms with van der Waals surface area (Å²) in [6, 6.07) is 10.0. The Kier molecular flexibility index (Phi) is 4.17. The molecule has 0 aliphatic heterocycles. The molecule has 0 saturated carbocycles. The van der Waals surface area contributed by atoms with Crippen LogP contribution >= 0.6 is 0 Å². The van der Waals surface area contributed by atoms with E-state index in [0.717, 1.165) is 12.8 Å². The monoisotopic (exact) mass is 192 g/mol. The molecule has 0 radical (unpaired) electrons. The third-order valence-corrected chi connectivity index (χ3v) is 2.35. The Morgan fingerprint density at radius 2 is 2.00 bits per heavy atom. The fraction of sp³-hybridized carbons (Fsp3) is 0.417. The molecule has 0 aliphatic carbocycles. The van der Waals surface area contributed by atoms with Gasteiger partial charge >= 0.3 is 5.97 Å². The van der Waals surface area contributed by atoms with Crippen LogP contribution in [0.15, 0.2) is 30.3 Å². The Morgan fingerprint density at radius 3 is 2.50 bits per heavy atom. The van der Waals surface area contributed by atoms with Crippen LogP contribution in [0.5, 0.6) is 0 Å². The molecular weight excluding hydrogens is 176 g/mol. The van der Waals surface area contributed by atoms with E-state index in [1.165, 1.54) is 12.7 Å². The zero-order chi connectivity index (χ0) is 10.4. The van der Waals surface area contributed by atoms with Crippen LogP contribution in [-0.2, 0) is 16.0 Å². The van der Waals surface area contributed by atoms with Crippen molar-refractivity contribution in [1.82, 2.24) is 0 Å². The van der Waals surface area contributed by atoms with Gasteiger partial charge in [0.1, 0.15) is 0 Å². The van der Waals surface area contributed by atoms with Gasteiger partial charge in [0.05, 0.1) is 13.0 Å². The molecule has 0 aliphatic rings. The van der Waals surface area contributed by atoms with Crippen molar-refractivity contribution in [2.75, 3.05) is 7.11 Å². The second kappa shape index (κ2) is 5.43. The van der Waals surface area contributed by atoms with Crippen molar-refractivity contribution in [2.24, 2.45) is 5.92 Å². The molecule has 2 nitrogen and oxygen atoms in total. The van der Waals surface area contributed by atoms with Gasteiger partial charge in [-0.15, -0.1) is 0 Å². The summed E-state index contributed by atoms with van der Waals surface area (Å²) in [6.45, 7) is 2.00. The van der Waals surface area contributed by atoms with Gasteiger partial charge in [0.2, 0.25) is 0 Å². The first kappa shape index (κ1) is 10.8. The molecule has 14 heavy (non-hydrogen) atoms. The van der Waals surface area contributed by atoms with E-state index in [1.54, 1.807) is 0 Å². The number of carbonyl (C=O) groups excluding carboxylic acids is 1. The lowest BCUT2D eigenvalue weighted by Gasteiger charge is -2.11. The van der Waals surface area contributed by atoms with Crippen LogP contribution in [0.3, 0.4) is 0 Å². The molecule has 1 rings (SSSR count). The van der Waals surface area contributed by atoms with Crippen LogP contribution in [0.1, 0.15) is 18.9 Å². The molecule has 0 heterocycles. The van der Waals surface area contributed by atoms with E-state index in [1.807, 2.05) is 37.3 Å². The lowest BCUT2D eigenvalue weighted by Crippen LogP contribution is -2.17. The quantitative estimate of drug-likeness (QED) is 0.685. The third kappa shape index (κ3) is 2.87. The predicted molar refractivity (Wildman–Crippen MR) is 55.9 cm³/mol. The second-order valence-electron chi connectivity index (χ2n) is 3.32. The lowest BCUT2D eigenvalue weighted by molar-refractivity contribution is -0.145. The number of carbonyl (C=O) groups is 1. The number of methoxy groups -OCH3 is 1. The average molecular weight is 192 g/mol. The molecule has 76 valence electrons. The predicted octanol–water partition coefficient (Wildman–Crippen LogP) is 2.43. The van der Waals surface area contributed by atoms with Gasteiger partial charge in [-0.1, -0.05) is 37.3 Å². The van der Waals surface area contributed by atoms with E-state index in [4.69, 9.17) is 4.74 Å². The minimum atomic E-state index is -0.114. The summed E-state index contributed by atoms with van der Waals surface area (Å²) < 4.78 is 4.74. The highest BCUT2D eigenvalue weighted by Gasteiger charge is 2.16. The van der Waals surface area contributed by atoms with Gasteiger partial charge in [-0.05, 0) is 18.4 Å². The molecule has 0 bridgehead atoms. The number of ether oxygens (including phenoxy) is 1. The fourth-order valence-electron chi connectivity index (χ4n) is 1.46. The molecule has 0 amide bonds. The Balaban J connectivity index is 2.62. The van der Waals surface area contributed by atoms with Crippen LogP contribution in [-0.4, -0.2) is 13.1 Å². The minimum absolute atomic E-state index is 0.0117. The number of rotatable bonds is 4. The third-order valence-electron chi connectivity index (χ3n) is 2.35. The van der Waals surface area contributed by atoms with Gasteiger partial charge in [0.15, 0.2) is 0 Å². The SMILES string of the molecule is CCC(Cc1ccccc1)C(=O)OC. The Morgan fingerprint density at radius 1 is 1.36 bits per heavy atom. The topological polar surface area (TPSA) is 26.3 Å².